The third-order valence-corrected chi connectivity index (χ3v) is 4.85. The number of hydrogen-bond donors (Lipinski definition) is 2. The van der Waals surface area contributed by atoms with E-state index in [1.807, 2.05) is 19.1 Å². The summed E-state index contributed by atoms with van der Waals surface area (Å²) >= 11 is 0. The van der Waals surface area contributed by atoms with Crippen molar-refractivity contribution in [3.63, 3.8) is 0 Å². The van der Waals surface area contributed by atoms with Crippen molar-refractivity contribution in [2.45, 2.75) is 40.7 Å². The number of ether oxygens (including phenoxy) is 2. The summed E-state index contributed by atoms with van der Waals surface area (Å²) in [5.41, 5.74) is 2.88. The molecule has 0 aliphatic carbocycles. The molecule has 9 heteroatoms. The fourth-order valence-corrected chi connectivity index (χ4v) is 3.17. The standard InChI is InChI=1S/C23H29N3O6/c1-7-31-22(29)19-14(3)20(24-15(19)4)23(30)32-16(5)21(28)26(6)12-18(27)25-17-10-8-13(2)9-11-17/h8-11,16,24H,7,12H2,1-6H3,(H,25,27)/t16-/m1/s1. The Morgan fingerprint density at radius 3 is 2.28 bits per heavy atom. The topological polar surface area (TPSA) is 118 Å². The molecule has 1 heterocycles. The van der Waals surface area contributed by atoms with Crippen molar-refractivity contribution in [1.29, 1.82) is 0 Å². The minimum atomic E-state index is -1.13. The van der Waals surface area contributed by atoms with E-state index in [2.05, 4.69) is 10.3 Å². The van der Waals surface area contributed by atoms with E-state index in [0.717, 1.165) is 5.56 Å². The predicted octanol–water partition coefficient (Wildman–Crippen LogP) is 2.76. The Morgan fingerprint density at radius 1 is 1.06 bits per heavy atom. The summed E-state index contributed by atoms with van der Waals surface area (Å²) in [6.45, 7) is 8.29. The van der Waals surface area contributed by atoms with Crippen LogP contribution in [0.1, 0.15) is 51.5 Å². The summed E-state index contributed by atoms with van der Waals surface area (Å²) in [5.74, 6) is -2.23. The molecule has 2 aromatic rings. The number of H-pyrrole nitrogens is 1. The molecule has 0 bridgehead atoms. The fourth-order valence-electron chi connectivity index (χ4n) is 3.17. The van der Waals surface area contributed by atoms with Gasteiger partial charge in [0.15, 0.2) is 6.10 Å². The molecule has 0 unspecified atom stereocenters. The van der Waals surface area contributed by atoms with E-state index in [-0.39, 0.29) is 30.3 Å². The van der Waals surface area contributed by atoms with Gasteiger partial charge in [0.05, 0.1) is 18.7 Å². The van der Waals surface area contributed by atoms with Crippen molar-refractivity contribution >= 4 is 29.4 Å². The van der Waals surface area contributed by atoms with Gasteiger partial charge in [0.2, 0.25) is 5.91 Å². The maximum Gasteiger partial charge on any atom is 0.355 e. The van der Waals surface area contributed by atoms with E-state index < -0.39 is 23.9 Å². The first-order valence-corrected chi connectivity index (χ1v) is 10.2. The van der Waals surface area contributed by atoms with Gasteiger partial charge in [0.1, 0.15) is 5.69 Å². The van der Waals surface area contributed by atoms with Crippen molar-refractivity contribution in [2.24, 2.45) is 0 Å². The van der Waals surface area contributed by atoms with Crippen LogP contribution in [0.4, 0.5) is 5.69 Å². The van der Waals surface area contributed by atoms with Gasteiger partial charge in [0.25, 0.3) is 5.91 Å². The van der Waals surface area contributed by atoms with E-state index in [0.29, 0.717) is 16.9 Å². The number of likely N-dealkylation sites (N-methyl/N-ethyl adjacent to an activating group) is 1. The van der Waals surface area contributed by atoms with Gasteiger partial charge in [-0.05, 0) is 52.3 Å². The summed E-state index contributed by atoms with van der Waals surface area (Å²) in [4.78, 5) is 53.5. The van der Waals surface area contributed by atoms with Crippen molar-refractivity contribution < 1.29 is 28.7 Å². The zero-order valence-electron chi connectivity index (χ0n) is 19.2. The number of anilines is 1. The van der Waals surface area contributed by atoms with E-state index in [1.165, 1.54) is 18.9 Å². The molecule has 0 saturated carbocycles. The summed E-state index contributed by atoms with van der Waals surface area (Å²) in [5, 5.41) is 2.71. The number of benzene rings is 1. The number of aryl methyl sites for hydroxylation is 2. The summed E-state index contributed by atoms with van der Waals surface area (Å²) < 4.78 is 10.3. The zero-order chi connectivity index (χ0) is 24.0. The molecule has 0 radical (unpaired) electrons. The second kappa shape index (κ2) is 10.6. The Morgan fingerprint density at radius 2 is 1.69 bits per heavy atom. The third kappa shape index (κ3) is 5.96. The maximum absolute atomic E-state index is 12.6. The molecule has 1 aromatic carbocycles. The lowest BCUT2D eigenvalue weighted by Gasteiger charge is -2.21. The van der Waals surface area contributed by atoms with Gasteiger partial charge in [-0.3, -0.25) is 9.59 Å². The first kappa shape index (κ1) is 24.6. The number of amides is 2. The van der Waals surface area contributed by atoms with Crippen LogP contribution in [0.2, 0.25) is 0 Å². The highest BCUT2D eigenvalue weighted by molar-refractivity contribution is 5.99. The van der Waals surface area contributed by atoms with Gasteiger partial charge < -0.3 is 24.7 Å². The Labute approximate surface area is 187 Å². The van der Waals surface area contributed by atoms with Crippen LogP contribution in [0.25, 0.3) is 0 Å². The molecule has 172 valence electrons. The maximum atomic E-state index is 12.6. The molecule has 2 rings (SSSR count). The number of esters is 2. The van der Waals surface area contributed by atoms with E-state index in [9.17, 15) is 19.2 Å². The Balaban J connectivity index is 1.98. The van der Waals surface area contributed by atoms with Crippen molar-refractivity contribution in [3.05, 3.63) is 52.3 Å². The quantitative estimate of drug-likeness (QED) is 0.606. The second-order valence-corrected chi connectivity index (χ2v) is 7.50. The molecule has 9 nitrogen and oxygen atoms in total. The van der Waals surface area contributed by atoms with Crippen LogP contribution in [0.3, 0.4) is 0 Å². The highest BCUT2D eigenvalue weighted by atomic mass is 16.5. The first-order valence-electron chi connectivity index (χ1n) is 10.2. The largest absolute Gasteiger partial charge is 0.462 e. The monoisotopic (exact) mass is 443 g/mol. The zero-order valence-corrected chi connectivity index (χ0v) is 19.2. The lowest BCUT2D eigenvalue weighted by molar-refractivity contribution is -0.140. The van der Waals surface area contributed by atoms with Crippen LogP contribution in [0.5, 0.6) is 0 Å². The lowest BCUT2D eigenvalue weighted by Crippen LogP contribution is -2.41. The molecule has 1 aromatic heterocycles. The molecule has 2 amide bonds. The third-order valence-electron chi connectivity index (χ3n) is 4.85. The highest BCUT2D eigenvalue weighted by Crippen LogP contribution is 2.20. The van der Waals surface area contributed by atoms with Crippen LogP contribution in [0.15, 0.2) is 24.3 Å². The number of carbonyl (C=O) groups is 4. The number of nitrogens with one attached hydrogen (secondary N) is 2. The van der Waals surface area contributed by atoms with E-state index in [1.54, 1.807) is 32.9 Å². The number of aromatic amines is 1. The summed E-state index contributed by atoms with van der Waals surface area (Å²) in [7, 11) is 1.45. The van der Waals surface area contributed by atoms with Crippen LogP contribution in [-0.4, -0.2) is 59.9 Å². The molecular weight excluding hydrogens is 414 g/mol. The number of nitrogens with zero attached hydrogens (tertiary/aromatic N) is 1. The van der Waals surface area contributed by atoms with Gasteiger partial charge in [0, 0.05) is 18.4 Å². The van der Waals surface area contributed by atoms with Gasteiger partial charge >= 0.3 is 11.9 Å². The Kier molecular flexibility index (Phi) is 8.17. The van der Waals surface area contributed by atoms with Crippen molar-refractivity contribution in [1.82, 2.24) is 9.88 Å². The SMILES string of the molecule is CCOC(=O)c1c(C)[nH]c(C(=O)O[C@H](C)C(=O)N(C)CC(=O)Nc2ccc(C)cc2)c1C. The lowest BCUT2D eigenvalue weighted by atomic mass is 10.1. The molecule has 0 saturated heterocycles. The second-order valence-electron chi connectivity index (χ2n) is 7.50. The molecule has 0 fully saturated rings. The smallest absolute Gasteiger partial charge is 0.355 e. The van der Waals surface area contributed by atoms with Gasteiger partial charge in [-0.15, -0.1) is 0 Å². The van der Waals surface area contributed by atoms with Gasteiger partial charge in [-0.25, -0.2) is 9.59 Å². The normalized spacial score (nSPS) is 11.4. The van der Waals surface area contributed by atoms with Gasteiger partial charge in [-0.1, -0.05) is 17.7 Å². The fraction of sp³-hybridized carbons (Fsp3) is 0.391. The molecule has 0 aliphatic heterocycles. The number of aromatic nitrogens is 1. The Hall–Kier alpha value is -3.62. The summed E-state index contributed by atoms with van der Waals surface area (Å²) in [6, 6.07) is 7.27. The van der Waals surface area contributed by atoms with Crippen LogP contribution in [-0.2, 0) is 19.1 Å². The molecule has 0 spiro atoms. The minimum absolute atomic E-state index is 0.0740. The minimum Gasteiger partial charge on any atom is -0.462 e. The molecule has 2 N–H and O–H groups in total. The van der Waals surface area contributed by atoms with Crippen LogP contribution < -0.4 is 5.32 Å². The molecule has 1 atom stereocenters. The van der Waals surface area contributed by atoms with Gasteiger partial charge in [-0.2, -0.15) is 0 Å². The van der Waals surface area contributed by atoms with E-state index in [4.69, 9.17) is 9.47 Å². The average molecular weight is 444 g/mol. The molecular formula is C23H29N3O6. The number of carbonyl (C=O) groups excluding carboxylic acids is 4. The molecule has 32 heavy (non-hydrogen) atoms. The van der Waals surface area contributed by atoms with Crippen molar-refractivity contribution in [2.75, 3.05) is 25.5 Å². The predicted molar refractivity (Wildman–Crippen MR) is 119 cm³/mol. The number of rotatable bonds is 8. The summed E-state index contributed by atoms with van der Waals surface area (Å²) in [6.07, 6.45) is -1.13. The van der Waals surface area contributed by atoms with Crippen molar-refractivity contribution in [3.8, 4) is 0 Å². The first-order chi connectivity index (χ1) is 15.0. The highest BCUT2D eigenvalue weighted by Gasteiger charge is 2.28. The van der Waals surface area contributed by atoms with Crippen LogP contribution >= 0.6 is 0 Å². The Bertz CT molecular complexity index is 1010. The van der Waals surface area contributed by atoms with E-state index >= 15 is 0 Å². The average Bonchev–Trinajstić information content (AvgIpc) is 3.03. The molecule has 0 aliphatic rings. The number of hydrogen-bond acceptors (Lipinski definition) is 6. The van der Waals surface area contributed by atoms with Crippen LogP contribution in [0, 0.1) is 20.8 Å².